The number of aliphatic carboxylic acids is 1. The lowest BCUT2D eigenvalue weighted by molar-refractivity contribution is -0.173. The third kappa shape index (κ3) is 2.55. The zero-order valence-corrected chi connectivity index (χ0v) is 10.5. The minimum Gasteiger partial charge on any atom is -0.479 e. The van der Waals surface area contributed by atoms with Gasteiger partial charge >= 0.3 is 5.97 Å². The first kappa shape index (κ1) is 14.3. The Morgan fingerprint density at radius 1 is 1.41 bits per heavy atom. The molecule has 0 fully saturated rings. The topological polar surface area (TPSA) is 77.8 Å². The van der Waals surface area contributed by atoms with Crippen LogP contribution in [0.5, 0.6) is 0 Å². The van der Waals surface area contributed by atoms with Crippen LogP contribution in [0, 0.1) is 0 Å². The second kappa shape index (κ2) is 5.23. The zero-order chi connectivity index (χ0) is 13.2. The highest BCUT2D eigenvalue weighted by atomic mass is 35.5. The van der Waals surface area contributed by atoms with Crippen LogP contribution in [0.25, 0.3) is 0 Å². The minimum absolute atomic E-state index is 0.0163. The SMILES string of the molecule is CCC(O)(C(=O)O)[C@H](O)c1c(Cl)cccc1Cl. The Balaban J connectivity index is 3.29. The van der Waals surface area contributed by atoms with Crippen LogP contribution in [0.2, 0.25) is 10.0 Å². The summed E-state index contributed by atoms with van der Waals surface area (Å²) in [6, 6.07) is 4.49. The Kier molecular flexibility index (Phi) is 4.38. The van der Waals surface area contributed by atoms with Gasteiger partial charge in [0.15, 0.2) is 5.60 Å². The summed E-state index contributed by atoms with van der Waals surface area (Å²) >= 11 is 11.7. The number of aliphatic hydroxyl groups is 2. The third-order valence-corrected chi connectivity index (χ3v) is 3.29. The molecular formula is C11H12Cl2O4. The molecule has 0 radical (unpaired) electrons. The van der Waals surface area contributed by atoms with Crippen LogP contribution < -0.4 is 0 Å². The van der Waals surface area contributed by atoms with E-state index in [9.17, 15) is 15.0 Å². The maximum Gasteiger partial charge on any atom is 0.338 e. The first-order valence-corrected chi connectivity index (χ1v) is 5.68. The molecule has 0 saturated heterocycles. The van der Waals surface area contributed by atoms with Crippen LogP contribution in [-0.2, 0) is 4.79 Å². The van der Waals surface area contributed by atoms with E-state index in [-0.39, 0.29) is 22.0 Å². The molecule has 2 atom stereocenters. The number of benzene rings is 1. The highest BCUT2D eigenvalue weighted by Gasteiger charge is 2.44. The Hall–Kier alpha value is -0.810. The number of halogens is 2. The average molecular weight is 279 g/mol. The van der Waals surface area contributed by atoms with Gasteiger partial charge in [-0.05, 0) is 18.6 Å². The van der Waals surface area contributed by atoms with Gasteiger partial charge in [-0.15, -0.1) is 0 Å². The molecule has 0 amide bonds. The Morgan fingerprint density at radius 2 is 1.88 bits per heavy atom. The number of aliphatic hydroxyl groups excluding tert-OH is 1. The van der Waals surface area contributed by atoms with E-state index in [0.29, 0.717) is 0 Å². The zero-order valence-electron chi connectivity index (χ0n) is 9.02. The number of hydrogen-bond donors (Lipinski definition) is 3. The minimum atomic E-state index is -2.31. The van der Waals surface area contributed by atoms with E-state index in [2.05, 4.69) is 0 Å². The summed E-state index contributed by atoms with van der Waals surface area (Å²) < 4.78 is 0. The van der Waals surface area contributed by atoms with Gasteiger partial charge in [-0.25, -0.2) is 4.79 Å². The molecule has 3 N–H and O–H groups in total. The molecule has 17 heavy (non-hydrogen) atoms. The van der Waals surface area contributed by atoms with E-state index in [1.54, 1.807) is 6.07 Å². The van der Waals surface area contributed by atoms with Crippen molar-refractivity contribution in [2.45, 2.75) is 25.0 Å². The molecule has 0 heterocycles. The Morgan fingerprint density at radius 3 is 2.24 bits per heavy atom. The fourth-order valence-electron chi connectivity index (χ4n) is 1.47. The van der Waals surface area contributed by atoms with Gasteiger partial charge in [0.25, 0.3) is 0 Å². The number of carboxylic acids is 1. The van der Waals surface area contributed by atoms with Gasteiger partial charge < -0.3 is 15.3 Å². The highest BCUT2D eigenvalue weighted by molar-refractivity contribution is 6.36. The second-order valence-electron chi connectivity index (χ2n) is 3.62. The summed E-state index contributed by atoms with van der Waals surface area (Å²) in [7, 11) is 0. The summed E-state index contributed by atoms with van der Waals surface area (Å²) in [5, 5.41) is 29.0. The van der Waals surface area contributed by atoms with Gasteiger partial charge in [-0.2, -0.15) is 0 Å². The lowest BCUT2D eigenvalue weighted by Gasteiger charge is -2.28. The molecule has 1 aromatic carbocycles. The molecule has 0 bridgehead atoms. The van der Waals surface area contributed by atoms with Crippen molar-refractivity contribution in [3.63, 3.8) is 0 Å². The van der Waals surface area contributed by atoms with Crippen molar-refractivity contribution < 1.29 is 20.1 Å². The van der Waals surface area contributed by atoms with Crippen molar-refractivity contribution in [2.24, 2.45) is 0 Å². The van der Waals surface area contributed by atoms with Gasteiger partial charge in [0.05, 0.1) is 0 Å². The molecule has 0 saturated carbocycles. The highest BCUT2D eigenvalue weighted by Crippen LogP contribution is 2.37. The lowest BCUT2D eigenvalue weighted by Crippen LogP contribution is -2.44. The van der Waals surface area contributed by atoms with Gasteiger partial charge in [0, 0.05) is 15.6 Å². The fraction of sp³-hybridized carbons (Fsp3) is 0.364. The van der Waals surface area contributed by atoms with Crippen LogP contribution in [0.3, 0.4) is 0 Å². The van der Waals surface area contributed by atoms with Crippen molar-refractivity contribution in [1.29, 1.82) is 0 Å². The van der Waals surface area contributed by atoms with Crippen LogP contribution in [0.4, 0.5) is 0 Å². The van der Waals surface area contributed by atoms with Gasteiger partial charge in [-0.3, -0.25) is 0 Å². The number of rotatable bonds is 4. The maximum atomic E-state index is 11.0. The molecule has 4 nitrogen and oxygen atoms in total. The number of carbonyl (C=O) groups is 1. The molecule has 1 unspecified atom stereocenters. The predicted molar refractivity (Wildman–Crippen MR) is 64.3 cm³/mol. The summed E-state index contributed by atoms with van der Waals surface area (Å²) in [6.07, 6.45) is -1.86. The molecule has 1 rings (SSSR count). The molecule has 0 aliphatic rings. The largest absolute Gasteiger partial charge is 0.479 e. The van der Waals surface area contributed by atoms with E-state index < -0.39 is 17.7 Å². The molecule has 1 aromatic rings. The summed E-state index contributed by atoms with van der Waals surface area (Å²) in [5.74, 6) is -1.52. The molecule has 6 heteroatoms. The summed E-state index contributed by atoms with van der Waals surface area (Å²) in [4.78, 5) is 11.0. The van der Waals surface area contributed by atoms with E-state index >= 15 is 0 Å². The summed E-state index contributed by atoms with van der Waals surface area (Å²) in [5.41, 5.74) is -2.29. The first-order valence-electron chi connectivity index (χ1n) is 4.92. The third-order valence-electron chi connectivity index (χ3n) is 2.63. The lowest BCUT2D eigenvalue weighted by atomic mass is 9.88. The quantitative estimate of drug-likeness (QED) is 0.790. The predicted octanol–water partition coefficient (Wildman–Crippen LogP) is 2.25. The fourth-order valence-corrected chi connectivity index (χ4v) is 2.08. The van der Waals surface area contributed by atoms with E-state index in [1.807, 2.05) is 0 Å². The Bertz CT molecular complexity index is 415. The molecule has 0 aliphatic carbocycles. The van der Waals surface area contributed by atoms with Crippen LogP contribution >= 0.6 is 23.2 Å². The first-order chi connectivity index (χ1) is 7.84. The van der Waals surface area contributed by atoms with E-state index in [0.717, 1.165) is 0 Å². The summed E-state index contributed by atoms with van der Waals surface area (Å²) in [6.45, 7) is 1.45. The van der Waals surface area contributed by atoms with Crippen molar-refractivity contribution in [2.75, 3.05) is 0 Å². The van der Waals surface area contributed by atoms with Crippen molar-refractivity contribution in [3.05, 3.63) is 33.8 Å². The normalized spacial score (nSPS) is 16.3. The van der Waals surface area contributed by atoms with E-state index in [1.165, 1.54) is 19.1 Å². The van der Waals surface area contributed by atoms with Crippen LogP contribution in [0.15, 0.2) is 18.2 Å². The number of hydrogen-bond acceptors (Lipinski definition) is 3. The average Bonchev–Trinajstić information content (AvgIpc) is 2.27. The van der Waals surface area contributed by atoms with Gasteiger partial charge in [0.2, 0.25) is 0 Å². The smallest absolute Gasteiger partial charge is 0.338 e. The molecule has 94 valence electrons. The molecule has 0 spiro atoms. The number of carboxylic acid groups (broad SMARTS) is 1. The molecule has 0 aromatic heterocycles. The maximum absolute atomic E-state index is 11.0. The van der Waals surface area contributed by atoms with Gasteiger partial charge in [0.1, 0.15) is 6.10 Å². The van der Waals surface area contributed by atoms with Crippen molar-refractivity contribution in [1.82, 2.24) is 0 Å². The van der Waals surface area contributed by atoms with Crippen molar-refractivity contribution in [3.8, 4) is 0 Å². The van der Waals surface area contributed by atoms with Crippen LogP contribution in [0.1, 0.15) is 25.0 Å². The monoisotopic (exact) mass is 278 g/mol. The van der Waals surface area contributed by atoms with Crippen molar-refractivity contribution >= 4 is 29.2 Å². The standard InChI is InChI=1S/C11H12Cl2O4/c1-2-11(17,10(15)16)9(14)8-6(12)4-3-5-7(8)13/h3-5,9,14,17H,2H2,1H3,(H,15,16)/t9-,11?/m1/s1. The van der Waals surface area contributed by atoms with Crippen LogP contribution in [-0.4, -0.2) is 26.9 Å². The van der Waals surface area contributed by atoms with E-state index in [4.69, 9.17) is 28.3 Å². The molecular weight excluding hydrogens is 267 g/mol. The van der Waals surface area contributed by atoms with Gasteiger partial charge in [-0.1, -0.05) is 36.2 Å². The Labute approximate surface area is 108 Å². The second-order valence-corrected chi connectivity index (χ2v) is 4.44. The molecule has 0 aliphatic heterocycles.